The van der Waals surface area contributed by atoms with E-state index in [1.807, 2.05) is 6.07 Å². The van der Waals surface area contributed by atoms with Gasteiger partial charge >= 0.3 is 0 Å². The maximum Gasteiger partial charge on any atom is 0.220 e. The van der Waals surface area contributed by atoms with Crippen LogP contribution in [0.4, 0.5) is 4.39 Å². The van der Waals surface area contributed by atoms with E-state index in [9.17, 15) is 9.18 Å². The van der Waals surface area contributed by atoms with Gasteiger partial charge in [-0.1, -0.05) is 36.4 Å². The number of benzene rings is 2. The number of hydrogen-bond acceptors (Lipinski definition) is 1. The van der Waals surface area contributed by atoms with Gasteiger partial charge in [0.05, 0.1) is 6.04 Å². The van der Waals surface area contributed by atoms with Crippen LogP contribution in [0.2, 0.25) is 0 Å². The Morgan fingerprint density at radius 3 is 2.73 bits per heavy atom. The number of nitrogens with one attached hydrogen (secondary N) is 1. The van der Waals surface area contributed by atoms with Crippen LogP contribution in [0.1, 0.15) is 42.0 Å². The summed E-state index contributed by atoms with van der Waals surface area (Å²) >= 11 is 0. The molecule has 0 unspecified atom stereocenters. The van der Waals surface area contributed by atoms with Gasteiger partial charge in [-0.25, -0.2) is 4.39 Å². The Morgan fingerprint density at radius 1 is 1.14 bits per heavy atom. The van der Waals surface area contributed by atoms with Crippen LogP contribution in [0, 0.1) is 5.82 Å². The number of amides is 1. The summed E-state index contributed by atoms with van der Waals surface area (Å²) in [6, 6.07) is 14.8. The van der Waals surface area contributed by atoms with Crippen LogP contribution in [0.15, 0.2) is 48.5 Å². The molecule has 2 aromatic rings. The Balaban J connectivity index is 1.57. The van der Waals surface area contributed by atoms with Crippen molar-refractivity contribution in [3.05, 3.63) is 71.0 Å². The van der Waals surface area contributed by atoms with Crippen molar-refractivity contribution in [2.45, 2.75) is 38.1 Å². The quantitative estimate of drug-likeness (QED) is 0.909. The fraction of sp³-hybridized carbons (Fsp3) is 0.316. The maximum absolute atomic E-state index is 12.9. The number of fused-ring (bicyclic) bond motifs is 1. The average molecular weight is 297 g/mol. The molecule has 0 aliphatic heterocycles. The summed E-state index contributed by atoms with van der Waals surface area (Å²) in [7, 11) is 0. The Labute approximate surface area is 130 Å². The van der Waals surface area contributed by atoms with Crippen molar-refractivity contribution in [2.75, 3.05) is 0 Å². The van der Waals surface area contributed by atoms with E-state index in [2.05, 4.69) is 23.5 Å². The van der Waals surface area contributed by atoms with Crippen molar-refractivity contribution < 1.29 is 9.18 Å². The van der Waals surface area contributed by atoms with Gasteiger partial charge in [0.25, 0.3) is 0 Å². The highest BCUT2D eigenvalue weighted by Crippen LogP contribution is 2.29. The molecule has 0 radical (unpaired) electrons. The van der Waals surface area contributed by atoms with Crippen LogP contribution in [0.3, 0.4) is 0 Å². The third-order valence-electron chi connectivity index (χ3n) is 4.26. The second-order valence-electron chi connectivity index (χ2n) is 5.84. The molecule has 3 heteroatoms. The number of aryl methyl sites for hydroxylation is 2. The molecule has 1 aliphatic rings. The first-order chi connectivity index (χ1) is 10.7. The second-order valence-corrected chi connectivity index (χ2v) is 5.84. The monoisotopic (exact) mass is 297 g/mol. The standard InChI is InChI=1S/C19H20FNO/c20-16-11-8-14(9-12-16)10-13-19(22)21-18-7-3-5-15-4-1-2-6-17(15)18/h1-2,4,6,8-9,11-12,18H,3,5,7,10,13H2,(H,21,22)/t18-/m1/s1. The number of rotatable bonds is 4. The van der Waals surface area contributed by atoms with Crippen LogP contribution < -0.4 is 5.32 Å². The number of halogens is 1. The van der Waals surface area contributed by atoms with Crippen LogP contribution in [-0.4, -0.2) is 5.91 Å². The summed E-state index contributed by atoms with van der Waals surface area (Å²) in [5.41, 5.74) is 3.59. The van der Waals surface area contributed by atoms with Gasteiger partial charge in [-0.2, -0.15) is 0 Å². The summed E-state index contributed by atoms with van der Waals surface area (Å²) in [6.45, 7) is 0. The molecule has 3 rings (SSSR count). The lowest BCUT2D eigenvalue weighted by Gasteiger charge is -2.26. The number of hydrogen-bond donors (Lipinski definition) is 1. The molecule has 0 saturated heterocycles. The lowest BCUT2D eigenvalue weighted by Crippen LogP contribution is -2.31. The third kappa shape index (κ3) is 3.53. The minimum Gasteiger partial charge on any atom is -0.349 e. The summed E-state index contributed by atoms with van der Waals surface area (Å²) in [6.07, 6.45) is 4.28. The number of carbonyl (C=O) groups excluding carboxylic acids is 1. The van der Waals surface area contributed by atoms with E-state index < -0.39 is 0 Å². The van der Waals surface area contributed by atoms with Crippen LogP contribution in [0.5, 0.6) is 0 Å². The molecular weight excluding hydrogens is 277 g/mol. The van der Waals surface area contributed by atoms with Crippen molar-refractivity contribution in [3.8, 4) is 0 Å². The summed E-state index contributed by atoms with van der Waals surface area (Å²) in [5, 5.41) is 3.14. The van der Waals surface area contributed by atoms with Crippen molar-refractivity contribution in [1.29, 1.82) is 0 Å². The first-order valence-corrected chi connectivity index (χ1v) is 7.84. The molecule has 0 fully saturated rings. The highest BCUT2D eigenvalue weighted by atomic mass is 19.1. The highest BCUT2D eigenvalue weighted by Gasteiger charge is 2.20. The fourth-order valence-corrected chi connectivity index (χ4v) is 3.08. The van der Waals surface area contributed by atoms with E-state index in [0.717, 1.165) is 24.8 Å². The van der Waals surface area contributed by atoms with E-state index in [1.54, 1.807) is 12.1 Å². The molecule has 0 bridgehead atoms. The highest BCUT2D eigenvalue weighted by molar-refractivity contribution is 5.76. The molecule has 114 valence electrons. The van der Waals surface area contributed by atoms with E-state index in [1.165, 1.54) is 23.3 Å². The smallest absolute Gasteiger partial charge is 0.220 e. The zero-order valence-electron chi connectivity index (χ0n) is 12.5. The Kier molecular flexibility index (Phi) is 4.52. The van der Waals surface area contributed by atoms with Crippen molar-refractivity contribution in [2.24, 2.45) is 0 Å². The topological polar surface area (TPSA) is 29.1 Å². The van der Waals surface area contributed by atoms with Crippen molar-refractivity contribution >= 4 is 5.91 Å². The van der Waals surface area contributed by atoms with Gasteiger partial charge in [-0.05, 0) is 54.5 Å². The Morgan fingerprint density at radius 2 is 1.91 bits per heavy atom. The SMILES string of the molecule is O=C(CCc1ccc(F)cc1)N[C@@H]1CCCc2ccccc21. The molecule has 2 aromatic carbocycles. The summed E-state index contributed by atoms with van der Waals surface area (Å²) < 4.78 is 12.9. The van der Waals surface area contributed by atoms with Gasteiger partial charge in [0, 0.05) is 6.42 Å². The van der Waals surface area contributed by atoms with Gasteiger partial charge in [0.2, 0.25) is 5.91 Å². The van der Waals surface area contributed by atoms with E-state index in [4.69, 9.17) is 0 Å². The lowest BCUT2D eigenvalue weighted by atomic mass is 9.87. The first kappa shape index (κ1) is 14.8. The first-order valence-electron chi connectivity index (χ1n) is 7.84. The molecule has 0 spiro atoms. The average Bonchev–Trinajstić information content (AvgIpc) is 2.55. The largest absolute Gasteiger partial charge is 0.349 e. The molecule has 1 amide bonds. The lowest BCUT2D eigenvalue weighted by molar-refractivity contribution is -0.121. The second kappa shape index (κ2) is 6.73. The number of carbonyl (C=O) groups is 1. The van der Waals surface area contributed by atoms with Gasteiger partial charge in [-0.3, -0.25) is 4.79 Å². The van der Waals surface area contributed by atoms with E-state index >= 15 is 0 Å². The predicted molar refractivity (Wildman–Crippen MR) is 85.0 cm³/mol. The van der Waals surface area contributed by atoms with E-state index in [0.29, 0.717) is 12.8 Å². The van der Waals surface area contributed by atoms with Crippen molar-refractivity contribution in [1.82, 2.24) is 5.32 Å². The van der Waals surface area contributed by atoms with Crippen molar-refractivity contribution in [3.63, 3.8) is 0 Å². The molecule has 1 atom stereocenters. The van der Waals surface area contributed by atoms with Gasteiger partial charge < -0.3 is 5.32 Å². The molecule has 22 heavy (non-hydrogen) atoms. The van der Waals surface area contributed by atoms with Crippen LogP contribution in [-0.2, 0) is 17.6 Å². The molecule has 2 nitrogen and oxygen atoms in total. The van der Waals surface area contributed by atoms with Crippen LogP contribution in [0.25, 0.3) is 0 Å². The molecule has 1 N–H and O–H groups in total. The van der Waals surface area contributed by atoms with Crippen LogP contribution >= 0.6 is 0 Å². The zero-order valence-corrected chi connectivity index (χ0v) is 12.5. The molecular formula is C19H20FNO. The maximum atomic E-state index is 12.9. The fourth-order valence-electron chi connectivity index (χ4n) is 3.08. The molecule has 0 saturated carbocycles. The van der Waals surface area contributed by atoms with Gasteiger partial charge in [0.1, 0.15) is 5.82 Å². The van der Waals surface area contributed by atoms with E-state index in [-0.39, 0.29) is 17.8 Å². The minimum atomic E-state index is -0.244. The molecule has 0 aromatic heterocycles. The normalized spacial score (nSPS) is 16.9. The summed E-state index contributed by atoms with van der Waals surface area (Å²) in [5.74, 6) is -0.182. The predicted octanol–water partition coefficient (Wildman–Crippen LogP) is 3.95. The summed E-state index contributed by atoms with van der Waals surface area (Å²) in [4.78, 5) is 12.2. The third-order valence-corrected chi connectivity index (χ3v) is 4.26. The van der Waals surface area contributed by atoms with Gasteiger partial charge in [0.15, 0.2) is 0 Å². The molecule has 1 aliphatic carbocycles. The zero-order chi connectivity index (χ0) is 15.4. The molecule has 0 heterocycles. The minimum absolute atomic E-state index is 0.0611. The van der Waals surface area contributed by atoms with Gasteiger partial charge in [-0.15, -0.1) is 0 Å². The Hall–Kier alpha value is -2.16. The Bertz CT molecular complexity index is 651.